The average molecular weight is 456 g/mol. The Hall–Kier alpha value is -3.55. The van der Waals surface area contributed by atoms with Crippen molar-refractivity contribution in [2.75, 3.05) is 32.7 Å². The lowest BCUT2D eigenvalue weighted by atomic mass is 10.00. The van der Waals surface area contributed by atoms with Crippen molar-refractivity contribution in [3.05, 3.63) is 94.5 Å². The summed E-state index contributed by atoms with van der Waals surface area (Å²) in [5.74, 6) is 0.0399. The number of pyridine rings is 1. The highest BCUT2D eigenvalue weighted by Crippen LogP contribution is 2.24. The fourth-order valence-electron chi connectivity index (χ4n) is 4.71. The van der Waals surface area contributed by atoms with Gasteiger partial charge in [-0.1, -0.05) is 48.5 Å². The summed E-state index contributed by atoms with van der Waals surface area (Å²) in [4.78, 5) is 34.2. The first kappa shape index (κ1) is 22.3. The van der Waals surface area contributed by atoms with Crippen molar-refractivity contribution in [3.8, 4) is 0 Å². The van der Waals surface area contributed by atoms with Gasteiger partial charge in [0.05, 0.1) is 18.3 Å². The monoisotopic (exact) mass is 455 g/mol. The second-order valence-electron chi connectivity index (χ2n) is 8.92. The molecule has 7 nitrogen and oxygen atoms in total. The molecule has 0 spiro atoms. The molecule has 1 amide bonds. The lowest BCUT2D eigenvalue weighted by Crippen LogP contribution is -2.49. The third-order valence-electron chi connectivity index (χ3n) is 6.51. The highest BCUT2D eigenvalue weighted by molar-refractivity contribution is 5.87. The fraction of sp³-hybridized carbons (Fsp3) is 0.296. The number of nitrogens with zero attached hydrogens (tertiary/aromatic N) is 4. The maximum Gasteiger partial charge on any atom is 0.258 e. The zero-order chi connectivity index (χ0) is 23.5. The minimum Gasteiger partial charge on any atom is -0.348 e. The van der Waals surface area contributed by atoms with Crippen molar-refractivity contribution in [1.82, 2.24) is 24.5 Å². The van der Waals surface area contributed by atoms with Crippen LogP contribution in [0.25, 0.3) is 16.4 Å². The molecule has 4 aromatic rings. The molecule has 0 radical (unpaired) electrons. The number of hydrogen-bond donors (Lipinski definition) is 1. The van der Waals surface area contributed by atoms with Crippen LogP contribution in [0.1, 0.15) is 24.2 Å². The smallest absolute Gasteiger partial charge is 0.258 e. The number of nitrogens with one attached hydrogen (secondary N) is 1. The van der Waals surface area contributed by atoms with Crippen LogP contribution in [-0.2, 0) is 11.3 Å². The number of carbonyl (C=O) groups is 1. The molecule has 1 fully saturated rings. The number of amides is 1. The third-order valence-corrected chi connectivity index (χ3v) is 6.51. The number of carbonyl (C=O) groups excluding carboxylic acids is 1. The Morgan fingerprint density at radius 3 is 2.56 bits per heavy atom. The standard InChI is InChI=1S/C27H29N5O2/c1-20(23-10-6-8-21-7-2-3-9-24(21)23)28-26(33)19-31-15-13-30(14-16-31)18-22-17-27(34)32-12-5-4-11-25(32)29-22/h2-12,17,20H,13-16,18-19H2,1H3,(H,28,33). The Balaban J connectivity index is 1.14. The molecule has 1 atom stereocenters. The van der Waals surface area contributed by atoms with Crippen molar-refractivity contribution < 1.29 is 4.79 Å². The number of hydrogen-bond acceptors (Lipinski definition) is 5. The highest BCUT2D eigenvalue weighted by Gasteiger charge is 2.21. The molecule has 2 aromatic carbocycles. The average Bonchev–Trinajstić information content (AvgIpc) is 2.85. The van der Waals surface area contributed by atoms with E-state index in [1.165, 1.54) is 10.8 Å². The van der Waals surface area contributed by atoms with E-state index in [1.54, 1.807) is 16.7 Å². The van der Waals surface area contributed by atoms with Gasteiger partial charge >= 0.3 is 0 Å². The molecule has 1 aliphatic rings. The minimum atomic E-state index is -0.0591. The van der Waals surface area contributed by atoms with Gasteiger partial charge in [-0.25, -0.2) is 4.98 Å². The van der Waals surface area contributed by atoms with Gasteiger partial charge in [-0.3, -0.25) is 23.8 Å². The molecule has 0 saturated carbocycles. The lowest BCUT2D eigenvalue weighted by molar-refractivity contribution is -0.123. The van der Waals surface area contributed by atoms with Crippen LogP contribution in [0.15, 0.2) is 77.7 Å². The van der Waals surface area contributed by atoms with E-state index >= 15 is 0 Å². The first-order valence-electron chi connectivity index (χ1n) is 11.8. The lowest BCUT2D eigenvalue weighted by Gasteiger charge is -2.34. The molecule has 1 saturated heterocycles. The van der Waals surface area contributed by atoms with E-state index in [-0.39, 0.29) is 17.5 Å². The second kappa shape index (κ2) is 9.75. The van der Waals surface area contributed by atoms with Gasteiger partial charge in [0.25, 0.3) is 5.56 Å². The Morgan fingerprint density at radius 1 is 0.971 bits per heavy atom. The van der Waals surface area contributed by atoms with E-state index in [9.17, 15) is 9.59 Å². The summed E-state index contributed by atoms with van der Waals surface area (Å²) in [6, 6.07) is 21.6. The van der Waals surface area contributed by atoms with Gasteiger partial charge in [-0.2, -0.15) is 0 Å². The summed E-state index contributed by atoms with van der Waals surface area (Å²) in [5.41, 5.74) is 2.53. The second-order valence-corrected chi connectivity index (χ2v) is 8.92. The topological polar surface area (TPSA) is 70.0 Å². The summed E-state index contributed by atoms with van der Waals surface area (Å²) in [7, 11) is 0. The van der Waals surface area contributed by atoms with Crippen LogP contribution in [-0.4, -0.2) is 57.8 Å². The number of fused-ring (bicyclic) bond motifs is 2. The summed E-state index contributed by atoms with van der Waals surface area (Å²) >= 11 is 0. The van der Waals surface area contributed by atoms with Crippen molar-refractivity contribution >= 4 is 22.3 Å². The molecule has 3 heterocycles. The number of aromatic nitrogens is 2. The molecular formula is C27H29N5O2. The predicted octanol–water partition coefficient (Wildman–Crippen LogP) is 2.84. The molecule has 1 N–H and O–H groups in total. The first-order valence-corrected chi connectivity index (χ1v) is 11.8. The van der Waals surface area contributed by atoms with Crippen molar-refractivity contribution in [2.24, 2.45) is 0 Å². The zero-order valence-corrected chi connectivity index (χ0v) is 19.4. The van der Waals surface area contributed by atoms with Crippen LogP contribution >= 0.6 is 0 Å². The van der Waals surface area contributed by atoms with Crippen molar-refractivity contribution in [3.63, 3.8) is 0 Å². The van der Waals surface area contributed by atoms with Crippen LogP contribution in [0.2, 0.25) is 0 Å². The molecule has 1 aliphatic heterocycles. The Kier molecular flexibility index (Phi) is 6.38. The summed E-state index contributed by atoms with van der Waals surface area (Å²) in [6.45, 7) is 6.35. The Morgan fingerprint density at radius 2 is 1.71 bits per heavy atom. The molecule has 0 bridgehead atoms. The third kappa shape index (κ3) is 4.85. The summed E-state index contributed by atoms with van der Waals surface area (Å²) in [5, 5.41) is 5.52. The van der Waals surface area contributed by atoms with E-state index < -0.39 is 0 Å². The number of rotatable bonds is 6. The predicted molar refractivity (Wildman–Crippen MR) is 134 cm³/mol. The number of piperazine rings is 1. The van der Waals surface area contributed by atoms with Gasteiger partial charge in [0.1, 0.15) is 5.65 Å². The molecule has 174 valence electrons. The fourth-order valence-corrected chi connectivity index (χ4v) is 4.71. The van der Waals surface area contributed by atoms with Crippen molar-refractivity contribution in [1.29, 1.82) is 0 Å². The Labute approximate surface area is 198 Å². The van der Waals surface area contributed by atoms with Crippen LogP contribution in [0.3, 0.4) is 0 Å². The van der Waals surface area contributed by atoms with E-state index in [0.29, 0.717) is 18.7 Å². The van der Waals surface area contributed by atoms with Gasteiger partial charge in [0.15, 0.2) is 0 Å². The maximum absolute atomic E-state index is 12.8. The molecule has 1 unspecified atom stereocenters. The minimum absolute atomic E-state index is 0.0399. The van der Waals surface area contributed by atoms with Crippen LogP contribution < -0.4 is 10.9 Å². The SMILES string of the molecule is CC(NC(=O)CN1CCN(Cc2cc(=O)n3ccccc3n2)CC1)c1cccc2ccccc12. The van der Waals surface area contributed by atoms with Crippen LogP contribution in [0, 0.1) is 0 Å². The Bertz CT molecular complexity index is 1370. The van der Waals surface area contributed by atoms with Gasteiger partial charge < -0.3 is 5.32 Å². The van der Waals surface area contributed by atoms with Gasteiger partial charge in [0, 0.05) is 45.0 Å². The molecular weight excluding hydrogens is 426 g/mol. The molecule has 5 rings (SSSR count). The van der Waals surface area contributed by atoms with Gasteiger partial charge in [-0.15, -0.1) is 0 Å². The van der Waals surface area contributed by atoms with Crippen LogP contribution in [0.5, 0.6) is 0 Å². The zero-order valence-electron chi connectivity index (χ0n) is 19.4. The van der Waals surface area contributed by atoms with E-state index in [1.807, 2.05) is 43.3 Å². The number of benzene rings is 2. The largest absolute Gasteiger partial charge is 0.348 e. The maximum atomic E-state index is 12.8. The molecule has 34 heavy (non-hydrogen) atoms. The summed E-state index contributed by atoms with van der Waals surface area (Å²) in [6.07, 6.45) is 1.74. The van der Waals surface area contributed by atoms with E-state index in [4.69, 9.17) is 0 Å². The van der Waals surface area contributed by atoms with E-state index in [0.717, 1.165) is 37.4 Å². The molecule has 7 heteroatoms. The van der Waals surface area contributed by atoms with Gasteiger partial charge in [-0.05, 0) is 35.4 Å². The molecule has 2 aromatic heterocycles. The summed E-state index contributed by atoms with van der Waals surface area (Å²) < 4.78 is 1.55. The normalized spacial score (nSPS) is 16.0. The first-order chi connectivity index (χ1) is 16.6. The quantitative estimate of drug-likeness (QED) is 0.484. The van der Waals surface area contributed by atoms with Gasteiger partial charge in [0.2, 0.25) is 5.91 Å². The highest BCUT2D eigenvalue weighted by atomic mass is 16.2. The molecule has 0 aliphatic carbocycles. The van der Waals surface area contributed by atoms with Crippen molar-refractivity contribution in [2.45, 2.75) is 19.5 Å². The van der Waals surface area contributed by atoms with Crippen LogP contribution in [0.4, 0.5) is 0 Å². The van der Waals surface area contributed by atoms with E-state index in [2.05, 4.69) is 44.4 Å².